The summed E-state index contributed by atoms with van der Waals surface area (Å²) in [6, 6.07) is 15.3. The predicted molar refractivity (Wildman–Crippen MR) is 99.4 cm³/mol. The molecule has 0 bridgehead atoms. The van der Waals surface area contributed by atoms with Gasteiger partial charge >= 0.3 is 6.03 Å². The minimum absolute atomic E-state index is 0.182. The molecule has 0 fully saturated rings. The third-order valence-electron chi connectivity index (χ3n) is 3.76. The van der Waals surface area contributed by atoms with Gasteiger partial charge in [0.1, 0.15) is 6.04 Å². The summed E-state index contributed by atoms with van der Waals surface area (Å²) < 4.78 is 0. The molecule has 0 radical (unpaired) electrons. The molecule has 5 nitrogen and oxygen atoms in total. The van der Waals surface area contributed by atoms with Crippen LogP contribution in [0.25, 0.3) is 0 Å². The fourth-order valence-electron chi connectivity index (χ4n) is 2.52. The maximum atomic E-state index is 12.6. The third-order valence-corrected chi connectivity index (χ3v) is 4.10. The van der Waals surface area contributed by atoms with E-state index < -0.39 is 18.0 Å². The van der Waals surface area contributed by atoms with Crippen LogP contribution in [-0.2, 0) is 4.79 Å². The van der Waals surface area contributed by atoms with Crippen LogP contribution < -0.4 is 16.0 Å². The zero-order chi connectivity index (χ0) is 18.2. The van der Waals surface area contributed by atoms with Gasteiger partial charge in [-0.2, -0.15) is 0 Å². The van der Waals surface area contributed by atoms with Crippen LogP contribution in [0.5, 0.6) is 0 Å². The topological polar surface area (TPSA) is 70.2 Å². The molecule has 3 amide bonds. The van der Waals surface area contributed by atoms with Crippen LogP contribution in [0.4, 0.5) is 4.79 Å². The summed E-state index contributed by atoms with van der Waals surface area (Å²) in [5.74, 6) is -0.420. The molecule has 0 heterocycles. The average molecular weight is 360 g/mol. The Labute approximate surface area is 152 Å². The molecule has 2 atom stereocenters. The molecule has 0 aliphatic heterocycles. The first kappa shape index (κ1) is 19.0. The zero-order valence-corrected chi connectivity index (χ0v) is 15.0. The van der Waals surface area contributed by atoms with E-state index in [0.29, 0.717) is 11.6 Å². The number of halogens is 1. The Morgan fingerprint density at radius 3 is 2.32 bits per heavy atom. The van der Waals surface area contributed by atoms with Gasteiger partial charge in [0.05, 0.1) is 0 Å². The molecule has 0 saturated carbocycles. The molecule has 2 aromatic carbocycles. The highest BCUT2D eigenvalue weighted by Gasteiger charge is 2.24. The molecule has 0 saturated heterocycles. The highest BCUT2D eigenvalue weighted by atomic mass is 35.5. The van der Waals surface area contributed by atoms with Crippen molar-refractivity contribution >= 4 is 23.5 Å². The van der Waals surface area contributed by atoms with Crippen LogP contribution in [-0.4, -0.2) is 18.5 Å². The second-order valence-electron chi connectivity index (χ2n) is 5.60. The van der Waals surface area contributed by atoms with Crippen LogP contribution in [0.2, 0.25) is 5.02 Å². The highest BCUT2D eigenvalue weighted by molar-refractivity contribution is 6.31. The van der Waals surface area contributed by atoms with E-state index in [2.05, 4.69) is 16.0 Å². The molecule has 25 heavy (non-hydrogen) atoms. The van der Waals surface area contributed by atoms with E-state index in [4.69, 9.17) is 11.6 Å². The van der Waals surface area contributed by atoms with Gasteiger partial charge in [-0.25, -0.2) is 4.79 Å². The predicted octanol–water partition coefficient (Wildman–Crippen LogP) is 3.58. The number of rotatable bonds is 6. The number of urea groups is 1. The van der Waals surface area contributed by atoms with Crippen molar-refractivity contribution in [3.63, 3.8) is 0 Å². The number of hydrogen-bond donors (Lipinski definition) is 3. The van der Waals surface area contributed by atoms with E-state index in [0.717, 1.165) is 11.1 Å². The second-order valence-corrected chi connectivity index (χ2v) is 6.01. The minimum Gasteiger partial charge on any atom is -0.338 e. The molecule has 3 N–H and O–H groups in total. The Hall–Kier alpha value is -2.37. The summed E-state index contributed by atoms with van der Waals surface area (Å²) >= 11 is 6.25. The SMILES string of the molecule is CCNC(=O)NC(=O)[C@H](N[C@@H](C)c1ccccc1Cl)c1ccccc1. The monoisotopic (exact) mass is 359 g/mol. The largest absolute Gasteiger partial charge is 0.338 e. The Bertz CT molecular complexity index is 722. The number of amides is 3. The van der Waals surface area contributed by atoms with Gasteiger partial charge in [0.25, 0.3) is 0 Å². The molecule has 2 aromatic rings. The van der Waals surface area contributed by atoms with Crippen molar-refractivity contribution in [3.8, 4) is 0 Å². The summed E-state index contributed by atoms with van der Waals surface area (Å²) in [5.41, 5.74) is 1.65. The molecule has 2 rings (SSSR count). The standard InChI is InChI=1S/C19H22ClN3O2/c1-3-21-19(25)23-18(24)17(14-9-5-4-6-10-14)22-13(2)15-11-7-8-12-16(15)20/h4-13,17,22H,3H2,1-2H3,(H2,21,23,24,25)/t13-,17+/m0/s1. The molecule has 132 valence electrons. The zero-order valence-electron chi connectivity index (χ0n) is 14.3. The minimum atomic E-state index is -0.685. The van der Waals surface area contributed by atoms with Gasteiger partial charge in [0.2, 0.25) is 5.91 Å². The first-order valence-corrected chi connectivity index (χ1v) is 8.54. The van der Waals surface area contributed by atoms with Crippen molar-refractivity contribution in [1.29, 1.82) is 0 Å². The summed E-state index contributed by atoms with van der Waals surface area (Å²) in [6.07, 6.45) is 0. The molecule has 6 heteroatoms. The normalized spacial score (nSPS) is 12.9. The summed E-state index contributed by atoms with van der Waals surface area (Å²) in [6.45, 7) is 4.16. The Morgan fingerprint density at radius 2 is 1.68 bits per heavy atom. The Kier molecular flexibility index (Phi) is 6.98. The maximum Gasteiger partial charge on any atom is 0.321 e. The quantitative estimate of drug-likeness (QED) is 0.738. The molecule has 0 unspecified atom stereocenters. The number of hydrogen-bond acceptors (Lipinski definition) is 3. The lowest BCUT2D eigenvalue weighted by Crippen LogP contribution is -2.45. The first-order valence-electron chi connectivity index (χ1n) is 8.17. The van der Waals surface area contributed by atoms with Gasteiger partial charge in [-0.15, -0.1) is 0 Å². The van der Waals surface area contributed by atoms with Crippen LogP contribution in [0.1, 0.15) is 37.1 Å². The van der Waals surface area contributed by atoms with Gasteiger partial charge in [-0.1, -0.05) is 60.1 Å². The van der Waals surface area contributed by atoms with E-state index in [1.165, 1.54) is 0 Å². The molecule has 0 spiro atoms. The van der Waals surface area contributed by atoms with E-state index >= 15 is 0 Å². The summed E-state index contributed by atoms with van der Waals surface area (Å²) in [5, 5.41) is 8.81. The van der Waals surface area contributed by atoms with Crippen molar-refractivity contribution in [2.75, 3.05) is 6.54 Å². The molecule has 0 aliphatic carbocycles. The van der Waals surface area contributed by atoms with Gasteiger partial charge in [0.15, 0.2) is 0 Å². The number of nitrogens with one attached hydrogen (secondary N) is 3. The molecular formula is C19H22ClN3O2. The molecular weight excluding hydrogens is 338 g/mol. The number of imide groups is 1. The summed E-state index contributed by atoms with van der Waals surface area (Å²) in [7, 11) is 0. The van der Waals surface area contributed by atoms with Crippen LogP contribution >= 0.6 is 11.6 Å². The van der Waals surface area contributed by atoms with Crippen LogP contribution in [0, 0.1) is 0 Å². The van der Waals surface area contributed by atoms with E-state index in [1.807, 2.05) is 55.5 Å². The van der Waals surface area contributed by atoms with Gasteiger partial charge < -0.3 is 5.32 Å². The number of carbonyl (C=O) groups is 2. The van der Waals surface area contributed by atoms with E-state index in [9.17, 15) is 9.59 Å². The number of benzene rings is 2. The first-order chi connectivity index (χ1) is 12.0. The van der Waals surface area contributed by atoms with Crippen molar-refractivity contribution in [1.82, 2.24) is 16.0 Å². The van der Waals surface area contributed by atoms with Crippen molar-refractivity contribution in [3.05, 3.63) is 70.7 Å². The van der Waals surface area contributed by atoms with Crippen LogP contribution in [0.15, 0.2) is 54.6 Å². The molecule has 0 aromatic heterocycles. The number of carbonyl (C=O) groups excluding carboxylic acids is 2. The second kappa shape index (κ2) is 9.20. The van der Waals surface area contributed by atoms with Gasteiger partial charge in [-0.3, -0.25) is 15.4 Å². The Morgan fingerprint density at radius 1 is 1.04 bits per heavy atom. The lowest BCUT2D eigenvalue weighted by molar-refractivity contribution is -0.122. The lowest BCUT2D eigenvalue weighted by Gasteiger charge is -2.24. The van der Waals surface area contributed by atoms with Gasteiger partial charge in [0, 0.05) is 17.6 Å². The fourth-order valence-corrected chi connectivity index (χ4v) is 2.82. The lowest BCUT2D eigenvalue weighted by atomic mass is 10.0. The van der Waals surface area contributed by atoms with Gasteiger partial charge in [-0.05, 0) is 31.0 Å². The fraction of sp³-hybridized carbons (Fsp3) is 0.263. The third kappa shape index (κ3) is 5.31. The van der Waals surface area contributed by atoms with Crippen molar-refractivity contribution in [2.24, 2.45) is 0 Å². The molecule has 0 aliphatic rings. The van der Waals surface area contributed by atoms with Crippen molar-refractivity contribution in [2.45, 2.75) is 25.9 Å². The van der Waals surface area contributed by atoms with Crippen molar-refractivity contribution < 1.29 is 9.59 Å². The summed E-state index contributed by atoms with van der Waals surface area (Å²) in [4.78, 5) is 24.3. The smallest absolute Gasteiger partial charge is 0.321 e. The van der Waals surface area contributed by atoms with Crippen LogP contribution in [0.3, 0.4) is 0 Å². The van der Waals surface area contributed by atoms with E-state index in [-0.39, 0.29) is 6.04 Å². The maximum absolute atomic E-state index is 12.6. The Balaban J connectivity index is 2.22. The highest BCUT2D eigenvalue weighted by Crippen LogP contribution is 2.25. The van der Waals surface area contributed by atoms with E-state index in [1.54, 1.807) is 13.0 Å². The average Bonchev–Trinajstić information content (AvgIpc) is 2.60.